The zero-order valence-corrected chi connectivity index (χ0v) is 18.2. The molecule has 1 saturated heterocycles. The van der Waals surface area contributed by atoms with E-state index in [0.717, 1.165) is 19.3 Å². The largest absolute Gasteiger partial charge is 0.379 e. The average molecular weight is 455 g/mol. The van der Waals surface area contributed by atoms with Gasteiger partial charge in [0.15, 0.2) is 0 Å². The second kappa shape index (κ2) is 7.44. The molecule has 9 heteroatoms. The van der Waals surface area contributed by atoms with E-state index >= 15 is 0 Å². The summed E-state index contributed by atoms with van der Waals surface area (Å²) in [4.78, 5) is 38.3. The Balaban J connectivity index is 1.37. The van der Waals surface area contributed by atoms with Crippen molar-refractivity contribution in [1.82, 2.24) is 0 Å². The summed E-state index contributed by atoms with van der Waals surface area (Å²) in [6.45, 7) is 1.36. The van der Waals surface area contributed by atoms with Gasteiger partial charge in [0.25, 0.3) is 0 Å². The lowest BCUT2D eigenvalue weighted by molar-refractivity contribution is -0.123. The van der Waals surface area contributed by atoms with Crippen molar-refractivity contribution in [2.75, 3.05) is 10.2 Å². The monoisotopic (exact) mass is 454 g/mol. The predicted octanol–water partition coefficient (Wildman–Crippen LogP) is 2.95. The van der Waals surface area contributed by atoms with Crippen molar-refractivity contribution in [3.63, 3.8) is 0 Å². The number of fused-ring (bicyclic) bond motifs is 5. The molecule has 8 nitrogen and oxygen atoms in total. The summed E-state index contributed by atoms with van der Waals surface area (Å²) in [6.07, 6.45) is 2.92. The number of rotatable bonds is 5. The smallest absolute Gasteiger partial charge is 0.339 e. The van der Waals surface area contributed by atoms with Gasteiger partial charge in [0.1, 0.15) is 10.6 Å². The number of benzene rings is 2. The number of amides is 3. The van der Waals surface area contributed by atoms with Crippen LogP contribution in [0.3, 0.4) is 0 Å². The first-order valence-electron chi connectivity index (χ1n) is 10.5. The summed E-state index contributed by atoms with van der Waals surface area (Å²) in [7, 11) is -4.15. The summed E-state index contributed by atoms with van der Waals surface area (Å²) >= 11 is 0. The molecule has 0 spiro atoms. The maximum atomic E-state index is 13.0. The van der Waals surface area contributed by atoms with Crippen LogP contribution in [0.4, 0.5) is 11.4 Å². The number of hydrogen-bond donors (Lipinski definition) is 1. The van der Waals surface area contributed by atoms with Gasteiger partial charge in [-0.3, -0.25) is 14.4 Å². The highest BCUT2D eigenvalue weighted by Gasteiger charge is 2.61. The van der Waals surface area contributed by atoms with Crippen molar-refractivity contribution < 1.29 is 27.0 Å². The second-order valence-corrected chi connectivity index (χ2v) is 10.2. The molecular formula is C23H22N2O6S. The Bertz CT molecular complexity index is 1200. The van der Waals surface area contributed by atoms with E-state index in [0.29, 0.717) is 11.4 Å². The maximum Gasteiger partial charge on any atom is 0.339 e. The van der Waals surface area contributed by atoms with Crippen molar-refractivity contribution >= 4 is 39.2 Å². The third-order valence-electron chi connectivity index (χ3n) is 6.67. The number of carbonyl (C=O) groups excluding carboxylic acids is 3. The van der Waals surface area contributed by atoms with E-state index in [1.807, 2.05) is 0 Å². The Morgan fingerprint density at radius 3 is 2.22 bits per heavy atom. The summed E-state index contributed by atoms with van der Waals surface area (Å²) < 4.78 is 30.6. The Labute approximate surface area is 185 Å². The quantitative estimate of drug-likeness (QED) is 0.550. The van der Waals surface area contributed by atoms with Crippen LogP contribution in [0.1, 0.15) is 26.2 Å². The summed E-state index contributed by atoms with van der Waals surface area (Å²) in [5, 5.41) is 2.56. The van der Waals surface area contributed by atoms with Gasteiger partial charge in [0.05, 0.1) is 17.5 Å². The Morgan fingerprint density at radius 2 is 1.62 bits per heavy atom. The molecule has 2 aromatic carbocycles. The second-order valence-electron chi connectivity index (χ2n) is 8.64. The minimum atomic E-state index is -4.15. The number of nitrogens with zero attached hydrogens (tertiary/aromatic N) is 1. The molecule has 0 aromatic heterocycles. The molecule has 5 rings (SSSR count). The van der Waals surface area contributed by atoms with Crippen LogP contribution in [0, 0.1) is 23.7 Å². The van der Waals surface area contributed by atoms with Gasteiger partial charge in [0.2, 0.25) is 17.7 Å². The van der Waals surface area contributed by atoms with Crippen LogP contribution in [0.5, 0.6) is 5.75 Å². The van der Waals surface area contributed by atoms with Crippen molar-refractivity contribution in [2.24, 2.45) is 23.7 Å². The van der Waals surface area contributed by atoms with E-state index in [-0.39, 0.29) is 52.0 Å². The van der Waals surface area contributed by atoms with Crippen LogP contribution in [0.2, 0.25) is 0 Å². The van der Waals surface area contributed by atoms with Crippen LogP contribution < -0.4 is 14.4 Å². The normalized spacial score (nSPS) is 26.3. The highest BCUT2D eigenvalue weighted by molar-refractivity contribution is 7.87. The molecule has 2 bridgehead atoms. The number of carbonyl (C=O) groups is 3. The lowest BCUT2D eigenvalue weighted by Crippen LogP contribution is -2.32. The van der Waals surface area contributed by atoms with Gasteiger partial charge in [-0.15, -0.1) is 0 Å². The lowest BCUT2D eigenvalue weighted by Gasteiger charge is -2.19. The molecule has 1 N–H and O–H groups in total. The Morgan fingerprint density at radius 1 is 1.00 bits per heavy atom. The maximum absolute atomic E-state index is 13.0. The molecule has 1 aliphatic heterocycles. The highest BCUT2D eigenvalue weighted by Crippen LogP contribution is 2.56. The minimum absolute atomic E-state index is 0.00840. The van der Waals surface area contributed by atoms with Crippen molar-refractivity contribution in [3.05, 3.63) is 48.5 Å². The fourth-order valence-corrected chi connectivity index (χ4v) is 6.34. The first kappa shape index (κ1) is 20.7. The number of hydrogen-bond acceptors (Lipinski definition) is 6. The molecule has 4 atom stereocenters. The molecule has 2 aromatic rings. The van der Waals surface area contributed by atoms with Gasteiger partial charge in [0, 0.05) is 18.7 Å². The molecule has 1 heterocycles. The molecule has 2 aliphatic carbocycles. The van der Waals surface area contributed by atoms with E-state index in [4.69, 9.17) is 4.18 Å². The fraction of sp³-hybridized carbons (Fsp3) is 0.348. The van der Waals surface area contributed by atoms with Crippen LogP contribution in [0.25, 0.3) is 0 Å². The first-order valence-corrected chi connectivity index (χ1v) is 12.0. The third kappa shape index (κ3) is 3.37. The molecule has 0 unspecified atom stereocenters. The highest BCUT2D eigenvalue weighted by atomic mass is 32.2. The van der Waals surface area contributed by atoms with E-state index in [2.05, 4.69) is 5.32 Å². The number of nitrogens with one attached hydrogen (secondary N) is 1. The van der Waals surface area contributed by atoms with Gasteiger partial charge in [-0.25, -0.2) is 4.90 Å². The van der Waals surface area contributed by atoms with Crippen molar-refractivity contribution in [2.45, 2.75) is 31.1 Å². The molecule has 0 radical (unpaired) electrons. The van der Waals surface area contributed by atoms with Gasteiger partial charge in [-0.05, 0) is 67.5 Å². The zero-order valence-electron chi connectivity index (χ0n) is 17.4. The molecule has 166 valence electrons. The van der Waals surface area contributed by atoms with Crippen molar-refractivity contribution in [3.8, 4) is 5.75 Å². The summed E-state index contributed by atoms with van der Waals surface area (Å²) in [5.41, 5.74) is 0.784. The predicted molar refractivity (Wildman–Crippen MR) is 115 cm³/mol. The first-order chi connectivity index (χ1) is 15.2. The lowest BCUT2D eigenvalue weighted by atomic mass is 9.81. The molecule has 3 amide bonds. The van der Waals surface area contributed by atoms with Crippen molar-refractivity contribution in [1.29, 1.82) is 0 Å². The van der Waals surface area contributed by atoms with Crippen LogP contribution in [-0.2, 0) is 24.5 Å². The van der Waals surface area contributed by atoms with E-state index in [1.165, 1.54) is 48.2 Å². The minimum Gasteiger partial charge on any atom is -0.379 e. The van der Waals surface area contributed by atoms with Crippen LogP contribution in [-0.4, -0.2) is 26.1 Å². The molecule has 3 fully saturated rings. The third-order valence-corrected chi connectivity index (χ3v) is 7.93. The van der Waals surface area contributed by atoms with E-state index < -0.39 is 10.1 Å². The van der Waals surface area contributed by atoms with Gasteiger partial charge in [-0.1, -0.05) is 6.07 Å². The topological polar surface area (TPSA) is 110 Å². The SMILES string of the molecule is CC(=O)Nc1ccc(S(=O)(=O)Oc2cccc(N3C(=O)[C@@H]4[C@@H]5CC[C@@H](C5)[C@@H]4C3=O)c2)cc1. The molecule has 2 saturated carbocycles. The van der Waals surface area contributed by atoms with Gasteiger partial charge >= 0.3 is 10.1 Å². The Kier molecular flexibility index (Phi) is 4.81. The van der Waals surface area contributed by atoms with Gasteiger partial charge in [-0.2, -0.15) is 8.42 Å². The zero-order chi connectivity index (χ0) is 22.6. The van der Waals surface area contributed by atoms with E-state index in [1.54, 1.807) is 12.1 Å². The standard InChI is InChI=1S/C23H22N2O6S/c1-13(26)24-16-7-9-19(10-8-16)32(29,30)31-18-4-2-3-17(12-18)25-22(27)20-14-5-6-15(11-14)21(20)23(25)28/h2-4,7-10,12,14-15,20-21H,5-6,11H2,1H3,(H,24,26)/t14-,15+,20-,21+. The molecular weight excluding hydrogens is 432 g/mol. The van der Waals surface area contributed by atoms with E-state index in [9.17, 15) is 22.8 Å². The number of anilines is 2. The molecule has 32 heavy (non-hydrogen) atoms. The van der Waals surface area contributed by atoms with Crippen LogP contribution in [0.15, 0.2) is 53.4 Å². The summed E-state index contributed by atoms with van der Waals surface area (Å²) in [6, 6.07) is 11.6. The summed E-state index contributed by atoms with van der Waals surface area (Å²) in [5.74, 6) is -0.612. The molecule has 3 aliphatic rings. The number of imide groups is 1. The average Bonchev–Trinajstić information content (AvgIpc) is 3.41. The Hall–Kier alpha value is -3.20. The fourth-order valence-electron chi connectivity index (χ4n) is 5.42. The van der Waals surface area contributed by atoms with Crippen LogP contribution >= 0.6 is 0 Å². The van der Waals surface area contributed by atoms with Gasteiger partial charge < -0.3 is 9.50 Å².